The summed E-state index contributed by atoms with van der Waals surface area (Å²) < 4.78 is 0. The highest BCUT2D eigenvalue weighted by Gasteiger charge is 2.20. The van der Waals surface area contributed by atoms with E-state index in [0.717, 1.165) is 37.9 Å². The van der Waals surface area contributed by atoms with Gasteiger partial charge in [0.25, 0.3) is 5.91 Å². The number of carbonyl (C=O) groups is 1. The van der Waals surface area contributed by atoms with Crippen LogP contribution in [-0.4, -0.2) is 30.7 Å². The summed E-state index contributed by atoms with van der Waals surface area (Å²) in [5, 5.41) is 4.83. The van der Waals surface area contributed by atoms with E-state index in [1.165, 1.54) is 16.2 Å². The van der Waals surface area contributed by atoms with E-state index in [1.54, 1.807) is 0 Å². The largest absolute Gasteiger partial charge is 0.312 e. The zero-order valence-corrected chi connectivity index (χ0v) is 10.4. The minimum Gasteiger partial charge on any atom is -0.312 e. The molecule has 2 aliphatic rings. The predicted molar refractivity (Wildman–Crippen MR) is 68.1 cm³/mol. The number of carbonyl (C=O) groups excluding carboxylic acids is 1. The number of benzene rings is 1. The minimum atomic E-state index is -0.0110. The molecule has 0 spiro atoms. The van der Waals surface area contributed by atoms with E-state index in [1.807, 2.05) is 12.1 Å². The van der Waals surface area contributed by atoms with Crippen LogP contribution in [0.1, 0.15) is 34.3 Å². The first-order chi connectivity index (χ1) is 8.84. The first-order valence-corrected chi connectivity index (χ1v) is 6.62. The average molecular weight is 246 g/mol. The average Bonchev–Trinajstić information content (AvgIpc) is 2.47. The van der Waals surface area contributed by atoms with E-state index in [9.17, 15) is 4.79 Å². The van der Waals surface area contributed by atoms with E-state index in [0.29, 0.717) is 13.2 Å². The molecule has 4 heteroatoms. The fourth-order valence-corrected chi connectivity index (χ4v) is 2.51. The normalized spacial score (nSPS) is 19.4. The van der Waals surface area contributed by atoms with Gasteiger partial charge in [-0.3, -0.25) is 9.63 Å². The maximum atomic E-state index is 12.3. The zero-order chi connectivity index (χ0) is 12.4. The molecule has 1 aromatic rings. The molecule has 0 bridgehead atoms. The van der Waals surface area contributed by atoms with Crippen molar-refractivity contribution in [3.05, 3.63) is 34.9 Å². The van der Waals surface area contributed by atoms with Crippen molar-refractivity contribution in [3.8, 4) is 0 Å². The van der Waals surface area contributed by atoms with Crippen molar-refractivity contribution < 1.29 is 9.63 Å². The second-order valence-corrected chi connectivity index (χ2v) is 4.86. The van der Waals surface area contributed by atoms with Crippen LogP contribution >= 0.6 is 0 Å². The Morgan fingerprint density at radius 2 is 2.22 bits per heavy atom. The van der Waals surface area contributed by atoms with Gasteiger partial charge in [0.05, 0.1) is 6.61 Å². The van der Waals surface area contributed by atoms with E-state index >= 15 is 0 Å². The topological polar surface area (TPSA) is 41.6 Å². The van der Waals surface area contributed by atoms with Crippen LogP contribution in [0.3, 0.4) is 0 Å². The summed E-state index contributed by atoms with van der Waals surface area (Å²) in [5.74, 6) is -0.0110. The molecular formula is C14H18N2O2. The zero-order valence-electron chi connectivity index (χ0n) is 10.4. The van der Waals surface area contributed by atoms with Crippen LogP contribution in [-0.2, 0) is 17.8 Å². The minimum absolute atomic E-state index is 0.0110. The molecule has 0 unspecified atom stereocenters. The molecule has 0 saturated carbocycles. The molecule has 1 amide bonds. The first kappa shape index (κ1) is 11.7. The Bertz CT molecular complexity index is 453. The number of hydrogen-bond donors (Lipinski definition) is 1. The Balaban J connectivity index is 1.80. The SMILES string of the molecule is O=C(c1ccc2c(c1)CNCC2)N1CCCCO1. The van der Waals surface area contributed by atoms with Crippen molar-refractivity contribution in [1.29, 1.82) is 0 Å². The van der Waals surface area contributed by atoms with Crippen molar-refractivity contribution in [2.45, 2.75) is 25.8 Å². The number of nitrogens with zero attached hydrogens (tertiary/aromatic N) is 1. The van der Waals surface area contributed by atoms with Crippen LogP contribution in [0.15, 0.2) is 18.2 Å². The van der Waals surface area contributed by atoms with Gasteiger partial charge in [-0.25, -0.2) is 5.06 Å². The highest BCUT2D eigenvalue weighted by atomic mass is 16.7. The fourth-order valence-electron chi connectivity index (χ4n) is 2.51. The van der Waals surface area contributed by atoms with Gasteiger partial charge < -0.3 is 5.32 Å². The predicted octanol–water partition coefficient (Wildman–Crippen LogP) is 1.50. The summed E-state index contributed by atoms with van der Waals surface area (Å²) in [4.78, 5) is 17.7. The Kier molecular flexibility index (Phi) is 3.30. The van der Waals surface area contributed by atoms with Crippen LogP contribution < -0.4 is 5.32 Å². The monoisotopic (exact) mass is 246 g/mol. The summed E-state index contributed by atoms with van der Waals surface area (Å²) in [7, 11) is 0. The molecule has 2 heterocycles. The Hall–Kier alpha value is -1.39. The Labute approximate surface area is 107 Å². The maximum absolute atomic E-state index is 12.3. The van der Waals surface area contributed by atoms with Gasteiger partial charge >= 0.3 is 0 Å². The number of hydroxylamine groups is 2. The number of amides is 1. The molecule has 1 aromatic carbocycles. The van der Waals surface area contributed by atoms with Crippen molar-refractivity contribution in [2.24, 2.45) is 0 Å². The van der Waals surface area contributed by atoms with Gasteiger partial charge in [-0.15, -0.1) is 0 Å². The van der Waals surface area contributed by atoms with E-state index in [4.69, 9.17) is 4.84 Å². The standard InChI is InChI=1S/C14H18N2O2/c17-14(16-7-1-2-8-18-16)12-4-3-11-5-6-15-10-13(11)9-12/h3-4,9,15H,1-2,5-8,10H2. The Morgan fingerprint density at radius 1 is 1.28 bits per heavy atom. The van der Waals surface area contributed by atoms with E-state index < -0.39 is 0 Å². The molecule has 1 fully saturated rings. The van der Waals surface area contributed by atoms with Gasteiger partial charge in [-0.05, 0) is 49.1 Å². The third kappa shape index (κ3) is 2.26. The first-order valence-electron chi connectivity index (χ1n) is 6.62. The Morgan fingerprint density at radius 3 is 3.06 bits per heavy atom. The van der Waals surface area contributed by atoms with E-state index in [2.05, 4.69) is 11.4 Å². The summed E-state index contributed by atoms with van der Waals surface area (Å²) in [5.41, 5.74) is 3.33. The quantitative estimate of drug-likeness (QED) is 0.816. The molecule has 0 radical (unpaired) electrons. The van der Waals surface area contributed by atoms with Crippen LogP contribution in [0, 0.1) is 0 Å². The molecule has 0 atom stereocenters. The van der Waals surface area contributed by atoms with E-state index in [-0.39, 0.29) is 5.91 Å². The highest BCUT2D eigenvalue weighted by molar-refractivity contribution is 5.93. The van der Waals surface area contributed by atoms with Crippen molar-refractivity contribution in [1.82, 2.24) is 10.4 Å². The van der Waals surface area contributed by atoms with Gasteiger partial charge in [-0.2, -0.15) is 0 Å². The molecule has 0 aliphatic carbocycles. The van der Waals surface area contributed by atoms with Crippen molar-refractivity contribution >= 4 is 5.91 Å². The summed E-state index contributed by atoms with van der Waals surface area (Å²) >= 11 is 0. The molecule has 2 aliphatic heterocycles. The fraction of sp³-hybridized carbons (Fsp3) is 0.500. The summed E-state index contributed by atoms with van der Waals surface area (Å²) in [6.07, 6.45) is 3.11. The lowest BCUT2D eigenvalue weighted by molar-refractivity contribution is -0.144. The molecule has 1 N–H and O–H groups in total. The molecule has 3 rings (SSSR count). The highest BCUT2D eigenvalue weighted by Crippen LogP contribution is 2.18. The third-order valence-corrected chi connectivity index (χ3v) is 3.57. The van der Waals surface area contributed by atoms with Crippen LogP contribution in [0.4, 0.5) is 0 Å². The summed E-state index contributed by atoms with van der Waals surface area (Å²) in [6, 6.07) is 6.00. The van der Waals surface area contributed by atoms with Crippen LogP contribution in [0.2, 0.25) is 0 Å². The van der Waals surface area contributed by atoms with Gasteiger partial charge in [0.15, 0.2) is 0 Å². The van der Waals surface area contributed by atoms with Gasteiger partial charge in [0.2, 0.25) is 0 Å². The van der Waals surface area contributed by atoms with Crippen molar-refractivity contribution in [2.75, 3.05) is 19.7 Å². The molecule has 18 heavy (non-hydrogen) atoms. The van der Waals surface area contributed by atoms with Crippen LogP contribution in [0.25, 0.3) is 0 Å². The second-order valence-electron chi connectivity index (χ2n) is 4.86. The van der Waals surface area contributed by atoms with Gasteiger partial charge in [-0.1, -0.05) is 6.07 Å². The number of fused-ring (bicyclic) bond motifs is 1. The lowest BCUT2D eigenvalue weighted by Gasteiger charge is -2.26. The maximum Gasteiger partial charge on any atom is 0.277 e. The third-order valence-electron chi connectivity index (χ3n) is 3.57. The number of hydrogen-bond acceptors (Lipinski definition) is 3. The molecule has 0 aromatic heterocycles. The molecular weight excluding hydrogens is 228 g/mol. The van der Waals surface area contributed by atoms with Gasteiger partial charge in [0.1, 0.15) is 0 Å². The number of rotatable bonds is 1. The molecule has 4 nitrogen and oxygen atoms in total. The number of nitrogens with one attached hydrogen (secondary N) is 1. The lowest BCUT2D eigenvalue weighted by Crippen LogP contribution is -2.36. The summed E-state index contributed by atoms with van der Waals surface area (Å²) in [6.45, 7) is 3.24. The smallest absolute Gasteiger partial charge is 0.277 e. The van der Waals surface area contributed by atoms with Gasteiger partial charge in [0, 0.05) is 18.7 Å². The van der Waals surface area contributed by atoms with Crippen molar-refractivity contribution in [3.63, 3.8) is 0 Å². The lowest BCUT2D eigenvalue weighted by atomic mass is 9.98. The van der Waals surface area contributed by atoms with Crippen LogP contribution in [0.5, 0.6) is 0 Å². The molecule has 1 saturated heterocycles. The molecule has 96 valence electrons. The second kappa shape index (κ2) is 5.08.